The number of nitrogens with zero attached hydrogens (tertiary/aromatic N) is 2. The van der Waals surface area contributed by atoms with Crippen molar-refractivity contribution in [2.45, 2.75) is 25.7 Å². The molecule has 1 N–H and O–H groups in total. The number of hydrazone groups is 1. The summed E-state index contributed by atoms with van der Waals surface area (Å²) in [6, 6.07) is 2.80. The van der Waals surface area contributed by atoms with Crippen LogP contribution in [0.2, 0.25) is 0 Å². The molecule has 126 valence electrons. The normalized spacial score (nSPS) is 26.9. The Morgan fingerprint density at radius 1 is 1.25 bits per heavy atom. The number of hydrogen-bond donors (Lipinski definition) is 1. The van der Waals surface area contributed by atoms with E-state index < -0.39 is 4.92 Å². The van der Waals surface area contributed by atoms with Gasteiger partial charge in [0.15, 0.2) is 11.5 Å². The Balaban J connectivity index is 1.46. The fourth-order valence-corrected chi connectivity index (χ4v) is 3.83. The van der Waals surface area contributed by atoms with Crippen molar-refractivity contribution in [3.63, 3.8) is 0 Å². The van der Waals surface area contributed by atoms with Crippen LogP contribution in [-0.2, 0) is 4.79 Å². The zero-order valence-electron chi connectivity index (χ0n) is 12.9. The van der Waals surface area contributed by atoms with Crippen LogP contribution in [0.4, 0.5) is 5.69 Å². The molecule has 2 aliphatic carbocycles. The highest BCUT2D eigenvalue weighted by molar-refractivity contribution is 5.89. The van der Waals surface area contributed by atoms with Gasteiger partial charge < -0.3 is 9.47 Å². The Kier molecular flexibility index (Phi) is 3.59. The van der Waals surface area contributed by atoms with E-state index in [-0.39, 0.29) is 29.9 Å². The van der Waals surface area contributed by atoms with Gasteiger partial charge in [-0.2, -0.15) is 5.10 Å². The number of carbonyl (C=O) groups is 1. The van der Waals surface area contributed by atoms with Crippen molar-refractivity contribution in [2.75, 3.05) is 6.79 Å². The lowest BCUT2D eigenvalue weighted by Crippen LogP contribution is -2.20. The first-order valence-corrected chi connectivity index (χ1v) is 8.06. The van der Waals surface area contributed by atoms with Crippen LogP contribution in [0.15, 0.2) is 17.2 Å². The maximum absolute atomic E-state index is 12.2. The molecule has 2 fully saturated rings. The number of nitrogens with one attached hydrogen (secondary N) is 1. The predicted octanol–water partition coefficient (Wildman–Crippen LogP) is 2.21. The third kappa shape index (κ3) is 2.57. The van der Waals surface area contributed by atoms with Crippen molar-refractivity contribution in [1.82, 2.24) is 5.43 Å². The number of nitro groups is 1. The fraction of sp³-hybridized carbons (Fsp3) is 0.500. The summed E-state index contributed by atoms with van der Waals surface area (Å²) >= 11 is 0. The van der Waals surface area contributed by atoms with Crippen LogP contribution in [0.1, 0.15) is 31.2 Å². The maximum atomic E-state index is 12.2. The molecule has 0 bridgehead atoms. The summed E-state index contributed by atoms with van der Waals surface area (Å²) in [7, 11) is 0. The summed E-state index contributed by atoms with van der Waals surface area (Å²) in [6.07, 6.45) is 5.89. The molecule has 4 rings (SSSR count). The van der Waals surface area contributed by atoms with Gasteiger partial charge in [0.1, 0.15) is 0 Å². The van der Waals surface area contributed by atoms with Gasteiger partial charge in [-0.25, -0.2) is 5.43 Å². The maximum Gasteiger partial charge on any atom is 0.282 e. The smallest absolute Gasteiger partial charge is 0.282 e. The minimum atomic E-state index is -0.513. The molecule has 8 nitrogen and oxygen atoms in total. The first-order valence-electron chi connectivity index (χ1n) is 8.06. The first-order chi connectivity index (χ1) is 11.6. The first kappa shape index (κ1) is 14.9. The second-order valence-electron chi connectivity index (χ2n) is 6.39. The third-order valence-electron chi connectivity index (χ3n) is 5.06. The minimum absolute atomic E-state index is 0.0360. The van der Waals surface area contributed by atoms with Gasteiger partial charge >= 0.3 is 0 Å². The van der Waals surface area contributed by atoms with Crippen LogP contribution in [0.25, 0.3) is 0 Å². The van der Waals surface area contributed by atoms with E-state index in [4.69, 9.17) is 9.47 Å². The molecule has 0 spiro atoms. The van der Waals surface area contributed by atoms with Crippen LogP contribution in [0, 0.1) is 27.9 Å². The second-order valence-corrected chi connectivity index (χ2v) is 6.39. The number of fused-ring (bicyclic) bond motifs is 2. The number of ether oxygens (including phenoxy) is 2. The molecule has 0 aromatic heterocycles. The van der Waals surface area contributed by atoms with Gasteiger partial charge in [-0.3, -0.25) is 14.9 Å². The van der Waals surface area contributed by atoms with Crippen molar-refractivity contribution in [1.29, 1.82) is 0 Å². The summed E-state index contributed by atoms with van der Waals surface area (Å²) in [5.41, 5.74) is 2.64. The number of rotatable bonds is 4. The molecular weight excluding hydrogens is 314 g/mol. The molecule has 1 amide bonds. The lowest BCUT2D eigenvalue weighted by atomic mass is 10.0. The molecule has 1 heterocycles. The van der Waals surface area contributed by atoms with E-state index >= 15 is 0 Å². The molecular formula is C16H17N3O5. The number of amides is 1. The highest BCUT2D eigenvalue weighted by Gasteiger charge is 2.54. The lowest BCUT2D eigenvalue weighted by Gasteiger charge is -2.04. The van der Waals surface area contributed by atoms with E-state index in [1.165, 1.54) is 31.2 Å². The Bertz CT molecular complexity index is 721. The third-order valence-corrected chi connectivity index (χ3v) is 5.06. The average Bonchev–Trinajstić information content (AvgIpc) is 3.13. The lowest BCUT2D eigenvalue weighted by molar-refractivity contribution is -0.385. The summed E-state index contributed by atoms with van der Waals surface area (Å²) in [5.74, 6) is 1.72. The van der Waals surface area contributed by atoms with Crippen molar-refractivity contribution >= 4 is 17.8 Å². The van der Waals surface area contributed by atoms with Gasteiger partial charge in [-0.05, 0) is 30.7 Å². The van der Waals surface area contributed by atoms with Crippen molar-refractivity contribution in [3.8, 4) is 11.5 Å². The van der Waals surface area contributed by atoms with E-state index in [0.29, 0.717) is 23.3 Å². The zero-order chi connectivity index (χ0) is 16.7. The quantitative estimate of drug-likeness (QED) is 0.517. The SMILES string of the molecule is O=C(N/N=C\c1cc2c(cc1[N+](=O)[O-])OCO2)C1[C@H]2CCCC[C@H]12. The Hall–Kier alpha value is -2.64. The van der Waals surface area contributed by atoms with E-state index in [0.717, 1.165) is 12.8 Å². The molecule has 3 aliphatic rings. The minimum Gasteiger partial charge on any atom is -0.454 e. The average molecular weight is 331 g/mol. The van der Waals surface area contributed by atoms with Gasteiger partial charge in [0.25, 0.3) is 5.69 Å². The van der Waals surface area contributed by atoms with Crippen molar-refractivity contribution < 1.29 is 19.2 Å². The number of hydrogen-bond acceptors (Lipinski definition) is 6. The summed E-state index contributed by atoms with van der Waals surface area (Å²) in [5, 5.41) is 15.1. The standard InChI is InChI=1S/C16H17N3O5/c20-16(15-10-3-1-2-4-11(10)15)18-17-7-9-5-13-14(24-8-23-13)6-12(9)19(21)22/h5-7,10-11,15H,1-4,8H2,(H,18,20)/b17-7-/t10-,11-/m0/s1. The molecule has 0 saturated heterocycles. The van der Waals surface area contributed by atoms with Crippen LogP contribution < -0.4 is 14.9 Å². The fourth-order valence-electron chi connectivity index (χ4n) is 3.83. The predicted molar refractivity (Wildman–Crippen MR) is 83.9 cm³/mol. The molecule has 0 unspecified atom stereocenters. The summed E-state index contributed by atoms with van der Waals surface area (Å²) < 4.78 is 10.4. The molecule has 8 heteroatoms. The van der Waals surface area contributed by atoms with Gasteiger partial charge in [0, 0.05) is 5.92 Å². The molecule has 1 aliphatic heterocycles. The monoisotopic (exact) mass is 331 g/mol. The Morgan fingerprint density at radius 3 is 2.58 bits per heavy atom. The molecule has 2 saturated carbocycles. The molecule has 1 aromatic rings. The van der Waals surface area contributed by atoms with Crippen molar-refractivity contribution in [3.05, 3.63) is 27.8 Å². The van der Waals surface area contributed by atoms with Crippen LogP contribution in [0.5, 0.6) is 11.5 Å². The van der Waals surface area contributed by atoms with Crippen LogP contribution >= 0.6 is 0 Å². The van der Waals surface area contributed by atoms with Crippen molar-refractivity contribution in [2.24, 2.45) is 22.9 Å². The van der Waals surface area contributed by atoms with Gasteiger partial charge in [-0.15, -0.1) is 0 Å². The Morgan fingerprint density at radius 2 is 1.92 bits per heavy atom. The molecule has 1 aromatic carbocycles. The van der Waals surface area contributed by atoms with Gasteiger partial charge in [0.2, 0.25) is 12.7 Å². The van der Waals surface area contributed by atoms with E-state index in [9.17, 15) is 14.9 Å². The van der Waals surface area contributed by atoms with E-state index in [2.05, 4.69) is 10.5 Å². The van der Waals surface area contributed by atoms with E-state index in [1.54, 1.807) is 0 Å². The van der Waals surface area contributed by atoms with Gasteiger partial charge in [-0.1, -0.05) is 12.8 Å². The molecule has 24 heavy (non-hydrogen) atoms. The molecule has 2 atom stereocenters. The summed E-state index contributed by atoms with van der Waals surface area (Å²) in [6.45, 7) is 0.0360. The topological polar surface area (TPSA) is 103 Å². The highest BCUT2D eigenvalue weighted by atomic mass is 16.7. The van der Waals surface area contributed by atoms with E-state index in [1.807, 2.05) is 0 Å². The second kappa shape index (κ2) is 5.77. The highest BCUT2D eigenvalue weighted by Crippen LogP contribution is 2.55. The molecule has 0 radical (unpaired) electrons. The summed E-state index contributed by atoms with van der Waals surface area (Å²) in [4.78, 5) is 22.8. The number of carbonyl (C=O) groups excluding carboxylic acids is 1. The van der Waals surface area contributed by atoms with Gasteiger partial charge in [0.05, 0.1) is 22.8 Å². The number of benzene rings is 1. The zero-order valence-corrected chi connectivity index (χ0v) is 12.9. The Labute approximate surface area is 138 Å². The van der Waals surface area contributed by atoms with Crippen LogP contribution in [-0.4, -0.2) is 23.8 Å². The van der Waals surface area contributed by atoms with Crippen LogP contribution in [0.3, 0.4) is 0 Å². The largest absolute Gasteiger partial charge is 0.454 e. The number of nitro benzene ring substituents is 1.